The highest BCUT2D eigenvalue weighted by molar-refractivity contribution is 7.92. The molecular weight excluding hydrogens is 278 g/mol. The van der Waals surface area contributed by atoms with Gasteiger partial charge < -0.3 is 5.11 Å². The Bertz CT molecular complexity index is 526. The number of hydrogen-bond acceptors (Lipinski definition) is 3. The summed E-state index contributed by atoms with van der Waals surface area (Å²) in [7, 11) is -3.66. The van der Waals surface area contributed by atoms with Crippen molar-refractivity contribution in [2.75, 3.05) is 10.1 Å². The molecule has 0 amide bonds. The highest BCUT2D eigenvalue weighted by Gasteiger charge is 2.30. The number of hydrogen-bond donors (Lipinski definition) is 1. The Kier molecular flexibility index (Phi) is 4.59. The van der Waals surface area contributed by atoms with Gasteiger partial charge in [-0.15, -0.1) is 0 Å². The van der Waals surface area contributed by atoms with Gasteiger partial charge in [-0.1, -0.05) is 11.6 Å². The largest absolute Gasteiger partial charge is 0.480 e. The lowest BCUT2D eigenvalue weighted by molar-refractivity contribution is -0.137. The molecule has 18 heavy (non-hydrogen) atoms. The number of carbonyl (C=O) groups is 1. The summed E-state index contributed by atoms with van der Waals surface area (Å²) in [5.74, 6) is -1.38. The Morgan fingerprint density at radius 3 is 2.28 bits per heavy atom. The van der Waals surface area contributed by atoms with Crippen molar-refractivity contribution in [2.24, 2.45) is 0 Å². The minimum absolute atomic E-state index is 0.173. The maximum absolute atomic E-state index is 12.0. The molecule has 1 aromatic carbocycles. The molecule has 1 atom stereocenters. The van der Waals surface area contributed by atoms with Gasteiger partial charge in [0.15, 0.2) is 0 Å². The number of benzene rings is 1. The van der Waals surface area contributed by atoms with Gasteiger partial charge in [-0.3, -0.25) is 4.31 Å². The average Bonchev–Trinajstić information content (AvgIpc) is 2.31. The number of halogens is 1. The van der Waals surface area contributed by atoms with Crippen LogP contribution < -0.4 is 4.31 Å². The smallest absolute Gasteiger partial charge is 0.327 e. The van der Waals surface area contributed by atoms with E-state index in [0.29, 0.717) is 5.02 Å². The lowest BCUT2D eigenvalue weighted by Crippen LogP contribution is -2.44. The molecule has 0 heterocycles. The van der Waals surface area contributed by atoms with Crippen molar-refractivity contribution in [3.63, 3.8) is 0 Å². The zero-order valence-corrected chi connectivity index (χ0v) is 11.6. The van der Waals surface area contributed by atoms with Crippen molar-refractivity contribution in [3.8, 4) is 0 Å². The zero-order valence-electron chi connectivity index (χ0n) is 10.00. The molecule has 100 valence electrons. The van der Waals surface area contributed by atoms with Gasteiger partial charge >= 0.3 is 5.97 Å². The molecule has 7 heteroatoms. The highest BCUT2D eigenvalue weighted by Crippen LogP contribution is 2.23. The molecule has 0 radical (unpaired) electrons. The van der Waals surface area contributed by atoms with Gasteiger partial charge in [0, 0.05) is 5.02 Å². The van der Waals surface area contributed by atoms with Crippen LogP contribution in [0.5, 0.6) is 0 Å². The van der Waals surface area contributed by atoms with Crippen LogP contribution in [0.3, 0.4) is 0 Å². The molecule has 0 spiro atoms. The molecule has 1 unspecified atom stereocenters. The fourth-order valence-corrected chi connectivity index (χ4v) is 2.87. The van der Waals surface area contributed by atoms with Crippen LogP contribution >= 0.6 is 11.6 Å². The van der Waals surface area contributed by atoms with E-state index < -0.39 is 22.0 Å². The first kappa shape index (κ1) is 14.8. The number of sulfonamides is 1. The van der Waals surface area contributed by atoms with Gasteiger partial charge in [0.2, 0.25) is 10.0 Å². The molecule has 0 fully saturated rings. The fraction of sp³-hybridized carbons (Fsp3) is 0.364. The normalized spacial score (nSPS) is 13.1. The number of aliphatic carboxylic acids is 1. The number of rotatable bonds is 5. The Hall–Kier alpha value is -1.27. The van der Waals surface area contributed by atoms with Crippen LogP contribution in [0.15, 0.2) is 24.3 Å². The maximum Gasteiger partial charge on any atom is 0.327 e. The molecule has 0 saturated heterocycles. The van der Waals surface area contributed by atoms with Crippen molar-refractivity contribution in [2.45, 2.75) is 19.9 Å². The lowest BCUT2D eigenvalue weighted by atomic mass is 10.2. The summed E-state index contributed by atoms with van der Waals surface area (Å²) in [5, 5.41) is 9.45. The average molecular weight is 292 g/mol. The van der Waals surface area contributed by atoms with Crippen molar-refractivity contribution < 1.29 is 18.3 Å². The summed E-state index contributed by atoms with van der Waals surface area (Å²) in [5.41, 5.74) is 0.288. The van der Waals surface area contributed by atoms with E-state index in [0.717, 1.165) is 4.31 Å². The van der Waals surface area contributed by atoms with Crippen molar-refractivity contribution in [3.05, 3.63) is 29.3 Å². The summed E-state index contributed by atoms with van der Waals surface area (Å²) in [6.07, 6.45) is 0. The maximum atomic E-state index is 12.0. The molecule has 1 N–H and O–H groups in total. The second-order valence-electron chi connectivity index (χ2n) is 3.69. The second-order valence-corrected chi connectivity index (χ2v) is 6.26. The van der Waals surface area contributed by atoms with Crippen molar-refractivity contribution in [1.82, 2.24) is 0 Å². The van der Waals surface area contributed by atoms with Crippen LogP contribution in [0, 0.1) is 0 Å². The number of nitrogens with zero attached hydrogens (tertiary/aromatic N) is 1. The van der Waals surface area contributed by atoms with E-state index in [1.54, 1.807) is 0 Å². The summed E-state index contributed by atoms with van der Waals surface area (Å²) in [6, 6.07) is 4.83. The number of carboxylic acids is 1. The third kappa shape index (κ3) is 3.14. The van der Waals surface area contributed by atoms with Gasteiger partial charge in [0.05, 0.1) is 11.4 Å². The first-order valence-electron chi connectivity index (χ1n) is 5.30. The monoisotopic (exact) mass is 291 g/mol. The third-order valence-corrected chi connectivity index (χ3v) is 4.56. The van der Waals surface area contributed by atoms with Crippen LogP contribution in [0.25, 0.3) is 0 Å². The molecule has 0 aliphatic rings. The predicted molar refractivity (Wildman–Crippen MR) is 70.5 cm³/mol. The van der Waals surface area contributed by atoms with Crippen LogP contribution in [0.1, 0.15) is 13.8 Å². The molecule has 0 aromatic heterocycles. The van der Waals surface area contributed by atoms with Crippen LogP contribution in [0.4, 0.5) is 5.69 Å². The van der Waals surface area contributed by atoms with Crippen molar-refractivity contribution in [1.29, 1.82) is 0 Å². The van der Waals surface area contributed by atoms with E-state index >= 15 is 0 Å². The van der Waals surface area contributed by atoms with Crippen molar-refractivity contribution >= 4 is 33.3 Å². The fourth-order valence-electron chi connectivity index (χ4n) is 1.45. The topological polar surface area (TPSA) is 74.7 Å². The third-order valence-electron chi connectivity index (χ3n) is 2.45. The minimum Gasteiger partial charge on any atom is -0.480 e. The van der Waals surface area contributed by atoms with Gasteiger partial charge in [-0.25, -0.2) is 13.2 Å². The molecule has 1 aromatic rings. The number of carboxylic acid groups (broad SMARTS) is 1. The van der Waals surface area contributed by atoms with E-state index in [2.05, 4.69) is 0 Å². The van der Waals surface area contributed by atoms with Gasteiger partial charge in [-0.2, -0.15) is 0 Å². The van der Waals surface area contributed by atoms with E-state index in [1.165, 1.54) is 38.1 Å². The summed E-state index contributed by atoms with van der Waals surface area (Å²) < 4.78 is 24.8. The molecule has 5 nitrogen and oxygen atoms in total. The SMILES string of the molecule is CCS(=O)(=O)N(c1ccc(Cl)cc1)C(C)C(=O)O. The molecule has 1 rings (SSSR count). The number of anilines is 1. The Balaban J connectivity index is 3.29. The van der Waals surface area contributed by atoms with Gasteiger partial charge in [-0.05, 0) is 38.1 Å². The van der Waals surface area contributed by atoms with Gasteiger partial charge in [0.25, 0.3) is 0 Å². The molecule has 0 bridgehead atoms. The zero-order chi connectivity index (χ0) is 13.9. The minimum atomic E-state index is -3.66. The van der Waals surface area contributed by atoms with Gasteiger partial charge in [0.1, 0.15) is 6.04 Å². The first-order chi connectivity index (χ1) is 8.29. The Labute approximate surface area is 111 Å². The summed E-state index contributed by atoms with van der Waals surface area (Å²) in [6.45, 7) is 2.79. The first-order valence-corrected chi connectivity index (χ1v) is 7.28. The molecule has 0 saturated carbocycles. The summed E-state index contributed by atoms with van der Waals surface area (Å²) >= 11 is 5.72. The Morgan fingerprint density at radius 2 is 1.89 bits per heavy atom. The van der Waals surface area contributed by atoms with E-state index in [9.17, 15) is 13.2 Å². The predicted octanol–water partition coefficient (Wildman–Crippen LogP) is 1.97. The van der Waals surface area contributed by atoms with Crippen LogP contribution in [0.2, 0.25) is 5.02 Å². The molecule has 0 aliphatic carbocycles. The molecule has 0 aliphatic heterocycles. The summed E-state index contributed by atoms with van der Waals surface area (Å²) in [4.78, 5) is 11.0. The van der Waals surface area contributed by atoms with Crippen LogP contribution in [-0.2, 0) is 14.8 Å². The molecular formula is C11H14ClNO4S. The van der Waals surface area contributed by atoms with E-state index in [-0.39, 0.29) is 11.4 Å². The Morgan fingerprint density at radius 1 is 1.39 bits per heavy atom. The quantitative estimate of drug-likeness (QED) is 0.900. The standard InChI is InChI=1S/C11H14ClNO4S/c1-3-18(16,17)13(8(2)11(14)15)10-6-4-9(12)5-7-10/h4-8H,3H2,1-2H3,(H,14,15). The lowest BCUT2D eigenvalue weighted by Gasteiger charge is -2.27. The van der Waals surface area contributed by atoms with Crippen LogP contribution in [-0.4, -0.2) is 31.3 Å². The second kappa shape index (κ2) is 5.58. The van der Waals surface area contributed by atoms with E-state index in [1.807, 2.05) is 0 Å². The highest BCUT2D eigenvalue weighted by atomic mass is 35.5. The van der Waals surface area contributed by atoms with E-state index in [4.69, 9.17) is 16.7 Å².